The Bertz CT molecular complexity index is 555. The van der Waals surface area contributed by atoms with E-state index in [1.54, 1.807) is 19.4 Å². The molecule has 0 fully saturated rings. The third kappa shape index (κ3) is 2.96. The molecule has 2 rings (SSSR count). The summed E-state index contributed by atoms with van der Waals surface area (Å²) in [6, 6.07) is 8.73. The summed E-state index contributed by atoms with van der Waals surface area (Å²) in [5, 5.41) is 0.921. The Hall–Kier alpha value is -1.81. The number of nitrogens with zero attached hydrogens (tertiary/aromatic N) is 2. The zero-order valence-electron chi connectivity index (χ0n) is 11.8. The summed E-state index contributed by atoms with van der Waals surface area (Å²) < 4.78 is 11.4. The van der Waals surface area contributed by atoms with E-state index in [-0.39, 0.29) is 6.23 Å². The van der Waals surface area contributed by atoms with Crippen molar-refractivity contribution in [2.75, 3.05) is 21.2 Å². The van der Waals surface area contributed by atoms with Crippen LogP contribution in [0.2, 0.25) is 0 Å². The zero-order valence-corrected chi connectivity index (χ0v) is 11.8. The molecule has 1 aromatic carbocycles. The number of ether oxygens (including phenoxy) is 2. The van der Waals surface area contributed by atoms with Crippen LogP contribution in [0.1, 0.15) is 13.3 Å². The van der Waals surface area contributed by atoms with Gasteiger partial charge in [-0.1, -0.05) is 6.92 Å². The molecule has 0 saturated heterocycles. The molecule has 4 nitrogen and oxygen atoms in total. The third-order valence-corrected chi connectivity index (χ3v) is 3.00. The topological polar surface area (TPSA) is 34.6 Å². The molecule has 1 unspecified atom stereocenters. The lowest BCUT2D eigenvalue weighted by atomic mass is 10.2. The van der Waals surface area contributed by atoms with E-state index >= 15 is 0 Å². The maximum absolute atomic E-state index is 6.00. The van der Waals surface area contributed by atoms with Crippen LogP contribution in [0.5, 0.6) is 11.5 Å². The van der Waals surface area contributed by atoms with Crippen LogP contribution in [0.25, 0.3) is 10.9 Å². The number of aromatic nitrogens is 1. The van der Waals surface area contributed by atoms with E-state index in [0.29, 0.717) is 11.5 Å². The molecule has 0 aliphatic rings. The molecule has 0 spiro atoms. The standard InChI is InChI=1S/C15H19N2O2/c1-5-15(17(2)3)19-14-10-12-11(7-6-8-16-12)9-13(14)18-4/h6,8-10,15H,5H2,1-4H3. The van der Waals surface area contributed by atoms with E-state index in [1.807, 2.05) is 31.1 Å². The number of fused-ring (bicyclic) bond motifs is 1. The summed E-state index contributed by atoms with van der Waals surface area (Å²) >= 11 is 0. The van der Waals surface area contributed by atoms with Crippen LogP contribution < -0.4 is 9.47 Å². The second kappa shape index (κ2) is 5.89. The van der Waals surface area contributed by atoms with Crippen molar-refractivity contribution in [3.05, 3.63) is 30.5 Å². The maximum Gasteiger partial charge on any atom is 0.165 e. The maximum atomic E-state index is 6.00. The van der Waals surface area contributed by atoms with Gasteiger partial charge in [0.05, 0.1) is 12.6 Å². The predicted molar refractivity (Wildman–Crippen MR) is 75.5 cm³/mol. The van der Waals surface area contributed by atoms with E-state index in [1.165, 1.54) is 0 Å². The summed E-state index contributed by atoms with van der Waals surface area (Å²) in [5.41, 5.74) is 0.854. The SMILES string of the molecule is CCC(Oc1cc2ncc[c]c2cc1OC)N(C)C. The second-order valence-electron chi connectivity index (χ2n) is 4.55. The normalized spacial score (nSPS) is 12.7. The Balaban J connectivity index is 2.40. The zero-order chi connectivity index (χ0) is 13.8. The van der Waals surface area contributed by atoms with Gasteiger partial charge in [-0.15, -0.1) is 0 Å². The van der Waals surface area contributed by atoms with Crippen molar-refractivity contribution in [1.29, 1.82) is 0 Å². The highest BCUT2D eigenvalue weighted by Gasteiger charge is 2.14. The van der Waals surface area contributed by atoms with Crippen molar-refractivity contribution in [3.8, 4) is 11.5 Å². The minimum Gasteiger partial charge on any atom is -0.493 e. The Morgan fingerprint density at radius 2 is 2.11 bits per heavy atom. The van der Waals surface area contributed by atoms with Crippen LogP contribution >= 0.6 is 0 Å². The molecular weight excluding hydrogens is 240 g/mol. The van der Waals surface area contributed by atoms with Crippen LogP contribution in [-0.4, -0.2) is 37.3 Å². The Labute approximate surface area is 114 Å². The number of benzene rings is 1. The van der Waals surface area contributed by atoms with Gasteiger partial charge in [0.15, 0.2) is 17.7 Å². The molecule has 0 bridgehead atoms. The van der Waals surface area contributed by atoms with Crippen LogP contribution in [0, 0.1) is 6.07 Å². The van der Waals surface area contributed by atoms with Crippen molar-refractivity contribution in [3.63, 3.8) is 0 Å². The predicted octanol–water partition coefficient (Wildman–Crippen LogP) is 2.72. The minimum absolute atomic E-state index is 0.0130. The fraction of sp³-hybridized carbons (Fsp3) is 0.400. The molecule has 0 aliphatic carbocycles. The van der Waals surface area contributed by atoms with Gasteiger partial charge in [-0.05, 0) is 38.7 Å². The number of hydrogen-bond acceptors (Lipinski definition) is 4. The number of rotatable bonds is 5. The first-order valence-corrected chi connectivity index (χ1v) is 6.33. The quantitative estimate of drug-likeness (QED) is 0.773. The van der Waals surface area contributed by atoms with Gasteiger partial charge in [0.2, 0.25) is 0 Å². The van der Waals surface area contributed by atoms with Crippen molar-refractivity contribution in [1.82, 2.24) is 9.88 Å². The molecule has 0 aliphatic heterocycles. The lowest BCUT2D eigenvalue weighted by Gasteiger charge is -2.25. The molecule has 101 valence electrons. The Kier molecular flexibility index (Phi) is 4.22. The van der Waals surface area contributed by atoms with Gasteiger partial charge < -0.3 is 9.47 Å². The van der Waals surface area contributed by atoms with Crippen LogP contribution in [0.4, 0.5) is 0 Å². The highest BCUT2D eigenvalue weighted by molar-refractivity contribution is 5.81. The van der Waals surface area contributed by atoms with Crippen molar-refractivity contribution in [2.45, 2.75) is 19.6 Å². The van der Waals surface area contributed by atoms with Gasteiger partial charge in [0.1, 0.15) is 0 Å². The second-order valence-corrected chi connectivity index (χ2v) is 4.55. The van der Waals surface area contributed by atoms with E-state index in [2.05, 4.69) is 18.0 Å². The molecule has 2 aromatic rings. The molecule has 1 heterocycles. The van der Waals surface area contributed by atoms with Crippen LogP contribution in [-0.2, 0) is 0 Å². The summed E-state index contributed by atoms with van der Waals surface area (Å²) in [6.45, 7) is 2.09. The summed E-state index contributed by atoms with van der Waals surface area (Å²) in [7, 11) is 5.63. The highest BCUT2D eigenvalue weighted by atomic mass is 16.5. The monoisotopic (exact) mass is 259 g/mol. The van der Waals surface area contributed by atoms with Gasteiger partial charge in [0, 0.05) is 17.6 Å². The fourth-order valence-corrected chi connectivity index (χ4v) is 1.97. The van der Waals surface area contributed by atoms with E-state index < -0.39 is 0 Å². The van der Waals surface area contributed by atoms with Gasteiger partial charge >= 0.3 is 0 Å². The highest BCUT2D eigenvalue weighted by Crippen LogP contribution is 2.32. The minimum atomic E-state index is 0.0130. The van der Waals surface area contributed by atoms with Crippen molar-refractivity contribution < 1.29 is 9.47 Å². The molecule has 1 radical (unpaired) electrons. The lowest BCUT2D eigenvalue weighted by Crippen LogP contribution is -2.32. The van der Waals surface area contributed by atoms with Gasteiger partial charge in [-0.3, -0.25) is 9.88 Å². The molecule has 0 amide bonds. The molecule has 1 aromatic heterocycles. The van der Waals surface area contributed by atoms with Crippen LogP contribution in [0.3, 0.4) is 0 Å². The van der Waals surface area contributed by atoms with Crippen molar-refractivity contribution >= 4 is 10.9 Å². The fourth-order valence-electron chi connectivity index (χ4n) is 1.97. The number of pyridine rings is 1. The summed E-state index contributed by atoms with van der Waals surface area (Å²) in [5.74, 6) is 1.42. The first-order valence-electron chi connectivity index (χ1n) is 6.33. The lowest BCUT2D eigenvalue weighted by molar-refractivity contribution is 0.0587. The number of hydrogen-bond donors (Lipinski definition) is 0. The van der Waals surface area contributed by atoms with Crippen LogP contribution in [0.15, 0.2) is 24.4 Å². The Morgan fingerprint density at radius 1 is 1.32 bits per heavy atom. The molecule has 0 N–H and O–H groups in total. The molecule has 1 atom stereocenters. The molecule has 19 heavy (non-hydrogen) atoms. The average molecular weight is 259 g/mol. The van der Waals surface area contributed by atoms with Gasteiger partial charge in [0.25, 0.3) is 0 Å². The average Bonchev–Trinajstić information content (AvgIpc) is 2.43. The smallest absolute Gasteiger partial charge is 0.165 e. The van der Waals surface area contributed by atoms with Gasteiger partial charge in [-0.25, -0.2) is 0 Å². The van der Waals surface area contributed by atoms with Crippen molar-refractivity contribution in [2.24, 2.45) is 0 Å². The number of methoxy groups -OCH3 is 1. The summed E-state index contributed by atoms with van der Waals surface area (Å²) in [6.07, 6.45) is 2.63. The molecular formula is C15H19N2O2. The molecule has 0 saturated carbocycles. The third-order valence-electron chi connectivity index (χ3n) is 3.00. The largest absolute Gasteiger partial charge is 0.493 e. The first kappa shape index (κ1) is 13.6. The van der Waals surface area contributed by atoms with Gasteiger partial charge in [-0.2, -0.15) is 0 Å². The Morgan fingerprint density at radius 3 is 2.74 bits per heavy atom. The van der Waals surface area contributed by atoms with E-state index in [4.69, 9.17) is 9.47 Å². The van der Waals surface area contributed by atoms with E-state index in [0.717, 1.165) is 17.3 Å². The van der Waals surface area contributed by atoms with E-state index in [9.17, 15) is 0 Å². The first-order chi connectivity index (χ1) is 9.15. The molecule has 4 heteroatoms. The summed E-state index contributed by atoms with van der Waals surface area (Å²) in [4.78, 5) is 6.35.